The van der Waals surface area contributed by atoms with E-state index in [1.165, 1.54) is 6.20 Å². The Labute approximate surface area is 223 Å². The number of nitrogens with one attached hydrogen (secondary N) is 1. The van der Waals surface area contributed by atoms with Crippen LogP contribution < -0.4 is 11.1 Å². The normalized spacial score (nSPS) is 15.1. The molecule has 38 heavy (non-hydrogen) atoms. The highest BCUT2D eigenvalue weighted by atomic mass is 32.2. The second-order valence-electron chi connectivity index (χ2n) is 9.56. The number of aromatic nitrogens is 3. The van der Waals surface area contributed by atoms with Gasteiger partial charge in [-0.3, -0.25) is 0 Å². The zero-order chi connectivity index (χ0) is 27.6. The van der Waals surface area contributed by atoms with Gasteiger partial charge in [0, 0.05) is 43.0 Å². The summed E-state index contributed by atoms with van der Waals surface area (Å²) in [6.45, 7) is 5.64. The van der Waals surface area contributed by atoms with E-state index in [1.54, 1.807) is 38.1 Å². The summed E-state index contributed by atoms with van der Waals surface area (Å²) in [7, 11) is -3.39. The van der Waals surface area contributed by atoms with Gasteiger partial charge in [0.1, 0.15) is 5.69 Å². The van der Waals surface area contributed by atoms with E-state index < -0.39 is 15.1 Å². The molecule has 0 spiro atoms. The van der Waals surface area contributed by atoms with Crippen molar-refractivity contribution in [2.24, 2.45) is 0 Å². The minimum atomic E-state index is -3.39. The number of benzene rings is 2. The van der Waals surface area contributed by atoms with E-state index >= 15 is 0 Å². The number of hydrogen-bond donors (Lipinski definition) is 2. The number of nitrogens with two attached hydrogens (primary N) is 1. The zero-order valence-corrected chi connectivity index (χ0v) is 22.2. The van der Waals surface area contributed by atoms with Gasteiger partial charge in [-0.05, 0) is 44.4 Å². The third-order valence-corrected chi connectivity index (χ3v) is 8.79. The fraction of sp³-hybridized carbons (Fsp3) is 0.321. The third kappa shape index (κ3) is 5.62. The van der Waals surface area contributed by atoms with Gasteiger partial charge in [-0.25, -0.2) is 18.4 Å². The molecule has 1 fully saturated rings. The lowest BCUT2D eigenvalue weighted by Crippen LogP contribution is -2.34. The first kappa shape index (κ1) is 24.7. The van der Waals surface area contributed by atoms with E-state index in [2.05, 4.69) is 20.4 Å². The predicted octanol–water partition coefficient (Wildman–Crippen LogP) is 4.50. The predicted molar refractivity (Wildman–Crippen MR) is 146 cm³/mol. The fourth-order valence-corrected chi connectivity index (χ4v) is 5.27. The van der Waals surface area contributed by atoms with Crippen molar-refractivity contribution in [2.75, 3.05) is 18.9 Å². The molecule has 1 aliphatic rings. The van der Waals surface area contributed by atoms with E-state index in [-0.39, 0.29) is 28.2 Å². The van der Waals surface area contributed by atoms with Crippen LogP contribution in [0.15, 0.2) is 70.2 Å². The molecule has 1 aliphatic heterocycles. The van der Waals surface area contributed by atoms with Crippen LogP contribution in [0.4, 0.5) is 5.82 Å². The lowest BCUT2D eigenvalue weighted by atomic mass is 10.1. The number of nitrogens with zero attached hydrogens (tertiary/aromatic N) is 3. The summed E-state index contributed by atoms with van der Waals surface area (Å²) in [5, 5.41) is 7.17. The second-order valence-corrected chi connectivity index (χ2v) is 12.1. The Morgan fingerprint density at radius 3 is 2.39 bits per heavy atom. The van der Waals surface area contributed by atoms with Crippen molar-refractivity contribution in [1.29, 1.82) is 0 Å². The van der Waals surface area contributed by atoms with Crippen LogP contribution in [0.3, 0.4) is 0 Å². The Morgan fingerprint density at radius 1 is 1.05 bits per heavy atom. The summed E-state index contributed by atoms with van der Waals surface area (Å²) in [4.78, 5) is 9.06. The summed E-state index contributed by atoms with van der Waals surface area (Å²) >= 11 is 0. The molecule has 3 heterocycles. The summed E-state index contributed by atoms with van der Waals surface area (Å²) in [5.74, 6) is 0.213. The fourth-order valence-electron chi connectivity index (χ4n) is 4.21. The average molecular weight is 535 g/mol. The number of nitrogen functional groups attached to an aromatic ring is 1. The van der Waals surface area contributed by atoms with Crippen molar-refractivity contribution < 1.29 is 19.0 Å². The van der Waals surface area contributed by atoms with Crippen molar-refractivity contribution in [2.45, 2.75) is 49.4 Å². The van der Waals surface area contributed by atoms with Crippen LogP contribution in [0.25, 0.3) is 34.0 Å². The van der Waals surface area contributed by atoms with Crippen LogP contribution in [0, 0.1) is 0 Å². The minimum absolute atomic E-state index is 0.0552. The van der Waals surface area contributed by atoms with Gasteiger partial charge < -0.3 is 20.3 Å². The van der Waals surface area contributed by atoms with Crippen molar-refractivity contribution in [3.8, 4) is 34.0 Å². The molecule has 2 aromatic carbocycles. The highest BCUT2D eigenvalue weighted by molar-refractivity contribution is 7.92. The Morgan fingerprint density at radius 2 is 1.71 bits per heavy atom. The molecular weight excluding hydrogens is 502 g/mol. The van der Waals surface area contributed by atoms with Crippen LogP contribution in [0.5, 0.6) is 0 Å². The molecule has 5 rings (SSSR count). The van der Waals surface area contributed by atoms with Gasteiger partial charge in [0.05, 0.1) is 23.4 Å². The largest absolute Gasteiger partial charge is 0.382 e. The van der Waals surface area contributed by atoms with Crippen molar-refractivity contribution in [1.82, 2.24) is 20.4 Å². The molecule has 0 amide bonds. The summed E-state index contributed by atoms with van der Waals surface area (Å²) in [5.41, 5.74) is 9.69. The summed E-state index contributed by atoms with van der Waals surface area (Å²) in [6, 6.07) is 14.8. The molecule has 0 radical (unpaired) electrons. The molecular formula is C28H31N5O4S. The first-order valence-electron chi connectivity index (χ1n) is 13.1. The van der Waals surface area contributed by atoms with Gasteiger partial charge in [0.15, 0.2) is 27.1 Å². The molecule has 198 valence electrons. The Balaban J connectivity index is 1.36. The Hall–Kier alpha value is -3.60. The van der Waals surface area contributed by atoms with E-state index in [9.17, 15) is 8.42 Å². The maximum Gasteiger partial charge on any atom is 0.189 e. The van der Waals surface area contributed by atoms with Gasteiger partial charge >= 0.3 is 0 Å². The monoisotopic (exact) mass is 534 g/mol. The summed E-state index contributed by atoms with van der Waals surface area (Å²) < 4.78 is 44.5. The third-order valence-electron chi connectivity index (χ3n) is 6.62. The van der Waals surface area contributed by atoms with Crippen molar-refractivity contribution in [3.63, 3.8) is 0 Å². The second kappa shape index (κ2) is 11.0. The number of anilines is 1. The lowest BCUT2D eigenvalue weighted by Gasteiger charge is -2.23. The lowest BCUT2D eigenvalue weighted by molar-refractivity contribution is 0.0776. The number of hydrogen-bond acceptors (Lipinski definition) is 9. The van der Waals surface area contributed by atoms with Gasteiger partial charge in [0.25, 0.3) is 0 Å². The molecule has 1 saturated heterocycles. The quantitative estimate of drug-likeness (QED) is 0.335. The smallest absolute Gasteiger partial charge is 0.189 e. The molecule has 0 bridgehead atoms. The molecule has 0 aliphatic carbocycles. The number of ether oxygens (including phenoxy) is 1. The van der Waals surface area contributed by atoms with Crippen LogP contribution in [0.2, 0.25) is 0 Å². The molecule has 10 heteroatoms. The average Bonchev–Trinajstić information content (AvgIpc) is 3.34. The van der Waals surface area contributed by atoms with E-state index in [1.807, 2.05) is 24.3 Å². The van der Waals surface area contributed by atoms with E-state index in [0.717, 1.165) is 43.7 Å². The minimum Gasteiger partial charge on any atom is -0.382 e. The topological polar surface area (TPSA) is 133 Å². The van der Waals surface area contributed by atoms with Crippen LogP contribution in [-0.2, 0) is 21.1 Å². The van der Waals surface area contributed by atoms with Crippen LogP contribution in [-0.4, -0.2) is 48.0 Å². The maximum absolute atomic E-state index is 12.4. The molecule has 9 nitrogen and oxygen atoms in total. The highest BCUT2D eigenvalue weighted by Gasteiger charge is 2.20. The number of rotatable bonds is 8. The first-order chi connectivity index (χ1) is 18.7. The summed E-state index contributed by atoms with van der Waals surface area (Å²) in [6.07, 6.45) is 3.53. The number of sulfone groups is 1. The first-order valence-corrected chi connectivity index (χ1v) is 14.1. The SMILES string of the molecule is [2H]c1c(-c2ccc(CNC3CCOCC3)cc2)noc1-c1nc(-c2ccc(S(=O)(=O)C(C)C)cc2)cnc1N. The maximum atomic E-state index is 12.4. The zero-order valence-electron chi connectivity index (χ0n) is 22.3. The Kier molecular flexibility index (Phi) is 7.17. The molecule has 3 N–H and O–H groups in total. The Bertz CT molecular complexity index is 1550. The molecule has 0 unspecified atom stereocenters. The highest BCUT2D eigenvalue weighted by Crippen LogP contribution is 2.30. The van der Waals surface area contributed by atoms with Gasteiger partial charge in [-0.1, -0.05) is 41.6 Å². The molecule has 0 saturated carbocycles. The van der Waals surface area contributed by atoms with Crippen LogP contribution >= 0.6 is 0 Å². The molecule has 2 aromatic heterocycles. The van der Waals surface area contributed by atoms with E-state index in [4.69, 9.17) is 16.4 Å². The van der Waals surface area contributed by atoms with Gasteiger partial charge in [-0.15, -0.1) is 0 Å². The van der Waals surface area contributed by atoms with Crippen molar-refractivity contribution >= 4 is 15.7 Å². The standard InChI is InChI=1S/C28H31N5O4S/c1-18(2)38(34,35)23-9-7-21(8-10-23)25-17-31-28(29)27(32-25)26-15-24(33-37-26)20-5-3-19(4-6-20)16-30-22-11-13-36-14-12-22/h3-10,15,17-18,22,30H,11-14,16H2,1-2H3,(H2,29,31)/i15D. The van der Waals surface area contributed by atoms with Gasteiger partial charge in [-0.2, -0.15) is 0 Å². The van der Waals surface area contributed by atoms with Crippen LogP contribution in [0.1, 0.15) is 33.6 Å². The van der Waals surface area contributed by atoms with Crippen molar-refractivity contribution in [3.05, 3.63) is 66.3 Å². The van der Waals surface area contributed by atoms with E-state index in [0.29, 0.717) is 23.0 Å². The van der Waals surface area contributed by atoms with Gasteiger partial charge in [0.2, 0.25) is 0 Å². The molecule has 4 aromatic rings. The molecule has 0 atom stereocenters.